The summed E-state index contributed by atoms with van der Waals surface area (Å²) < 4.78 is 26.3. The first kappa shape index (κ1) is 12.8. The maximum absolute atomic E-state index is 12.0. The largest absolute Gasteiger partial charge is 0.263 e. The average molecular weight is 284 g/mol. The van der Waals surface area contributed by atoms with E-state index in [4.69, 9.17) is 11.6 Å². The highest BCUT2D eigenvalue weighted by Crippen LogP contribution is 2.19. The van der Waals surface area contributed by atoms with Crippen LogP contribution < -0.4 is 4.72 Å². The van der Waals surface area contributed by atoms with Crippen LogP contribution in [-0.4, -0.2) is 18.4 Å². The third kappa shape index (κ3) is 2.77. The minimum Gasteiger partial charge on any atom is -0.261 e. The number of nitrogens with zero attached hydrogens (tertiary/aromatic N) is 2. The van der Waals surface area contributed by atoms with Gasteiger partial charge in [0.1, 0.15) is 0 Å². The monoisotopic (exact) mass is 283 g/mol. The van der Waals surface area contributed by atoms with E-state index in [1.165, 1.54) is 24.5 Å². The van der Waals surface area contributed by atoms with E-state index in [9.17, 15) is 8.42 Å². The molecule has 7 heteroatoms. The molecule has 0 bridgehead atoms. The second-order valence-corrected chi connectivity index (χ2v) is 5.65. The van der Waals surface area contributed by atoms with Crippen LogP contribution in [-0.2, 0) is 10.0 Å². The zero-order chi connectivity index (χ0) is 13.2. The molecule has 18 heavy (non-hydrogen) atoms. The topological polar surface area (TPSA) is 72.0 Å². The van der Waals surface area contributed by atoms with E-state index in [1.54, 1.807) is 12.1 Å². The number of hydrogen-bond donors (Lipinski definition) is 1. The molecule has 0 amide bonds. The van der Waals surface area contributed by atoms with E-state index in [1.807, 2.05) is 6.92 Å². The van der Waals surface area contributed by atoms with E-state index >= 15 is 0 Å². The summed E-state index contributed by atoms with van der Waals surface area (Å²) in [5.74, 6) is 0.0136. The third-order valence-electron chi connectivity index (χ3n) is 2.22. The summed E-state index contributed by atoms with van der Waals surface area (Å²) in [6.07, 6.45) is 2.74. The minimum absolute atomic E-state index is 0.00758. The zero-order valence-corrected chi connectivity index (χ0v) is 11.0. The van der Waals surface area contributed by atoms with Crippen LogP contribution in [0.25, 0.3) is 0 Å². The highest BCUT2D eigenvalue weighted by molar-refractivity contribution is 7.92. The first-order valence-electron chi connectivity index (χ1n) is 5.05. The van der Waals surface area contributed by atoms with Crippen molar-refractivity contribution in [3.63, 3.8) is 0 Å². The molecule has 0 saturated carbocycles. The number of rotatable bonds is 3. The van der Waals surface area contributed by atoms with Crippen LogP contribution in [0.5, 0.6) is 0 Å². The summed E-state index contributed by atoms with van der Waals surface area (Å²) in [7, 11) is -3.69. The molecular formula is C11H10ClN3O2S. The minimum atomic E-state index is -3.69. The Morgan fingerprint density at radius 3 is 2.33 bits per heavy atom. The number of aryl methyl sites for hydroxylation is 1. The zero-order valence-electron chi connectivity index (χ0n) is 9.46. The highest BCUT2D eigenvalue weighted by atomic mass is 35.5. The van der Waals surface area contributed by atoms with Crippen molar-refractivity contribution in [3.8, 4) is 0 Å². The van der Waals surface area contributed by atoms with Crippen molar-refractivity contribution in [3.05, 3.63) is 47.4 Å². The van der Waals surface area contributed by atoms with Gasteiger partial charge in [0.2, 0.25) is 0 Å². The Hall–Kier alpha value is -1.66. The molecule has 0 radical (unpaired) electrons. The van der Waals surface area contributed by atoms with Gasteiger partial charge in [0.15, 0.2) is 11.0 Å². The number of halogens is 1. The van der Waals surface area contributed by atoms with Gasteiger partial charge in [-0.05, 0) is 19.1 Å². The lowest BCUT2D eigenvalue weighted by Gasteiger charge is -2.07. The van der Waals surface area contributed by atoms with E-state index in [0.29, 0.717) is 0 Å². The van der Waals surface area contributed by atoms with Crippen molar-refractivity contribution < 1.29 is 8.42 Å². The molecule has 5 nitrogen and oxygen atoms in total. The van der Waals surface area contributed by atoms with Crippen LogP contribution in [0.3, 0.4) is 0 Å². The molecule has 0 unspecified atom stereocenters. The predicted molar refractivity (Wildman–Crippen MR) is 69.0 cm³/mol. The van der Waals surface area contributed by atoms with Crippen molar-refractivity contribution in [1.29, 1.82) is 0 Å². The maximum Gasteiger partial charge on any atom is 0.263 e. The van der Waals surface area contributed by atoms with Crippen molar-refractivity contribution >= 4 is 27.4 Å². The van der Waals surface area contributed by atoms with Gasteiger partial charge in [-0.1, -0.05) is 29.3 Å². The van der Waals surface area contributed by atoms with E-state index in [-0.39, 0.29) is 15.9 Å². The molecule has 0 saturated heterocycles. The molecule has 0 spiro atoms. The smallest absolute Gasteiger partial charge is 0.261 e. The summed E-state index contributed by atoms with van der Waals surface area (Å²) in [5, 5.41) is 0.00758. The van der Waals surface area contributed by atoms with Crippen LogP contribution in [0.4, 0.5) is 5.82 Å². The number of sulfonamides is 1. The quantitative estimate of drug-likeness (QED) is 0.938. The standard InChI is InChI=1S/C11H10ClN3O2S/c1-8-2-4-9(5-3-8)18(16,17)15-11-10(12)13-6-7-14-11/h2-7H,1H3,(H,14,15). The molecule has 0 aliphatic heterocycles. The Balaban J connectivity index is 2.33. The molecule has 0 fully saturated rings. The fourth-order valence-electron chi connectivity index (χ4n) is 1.29. The van der Waals surface area contributed by atoms with E-state index < -0.39 is 10.0 Å². The number of hydrogen-bond acceptors (Lipinski definition) is 4. The molecule has 1 aromatic heterocycles. The Morgan fingerprint density at radius 2 is 1.72 bits per heavy atom. The maximum atomic E-state index is 12.0. The van der Waals surface area contributed by atoms with E-state index in [0.717, 1.165) is 5.56 Å². The second-order valence-electron chi connectivity index (χ2n) is 3.61. The van der Waals surface area contributed by atoms with Gasteiger partial charge in [0.25, 0.3) is 10.0 Å². The fourth-order valence-corrected chi connectivity index (χ4v) is 2.52. The SMILES string of the molecule is Cc1ccc(S(=O)(=O)Nc2nccnc2Cl)cc1. The van der Waals surface area contributed by atoms with E-state index in [2.05, 4.69) is 14.7 Å². The van der Waals surface area contributed by atoms with Gasteiger partial charge < -0.3 is 0 Å². The van der Waals surface area contributed by atoms with Gasteiger partial charge in [-0.2, -0.15) is 0 Å². The Morgan fingerprint density at radius 1 is 1.11 bits per heavy atom. The summed E-state index contributed by atoms with van der Waals surface area (Å²) in [5.41, 5.74) is 0.978. The lowest BCUT2D eigenvalue weighted by atomic mass is 10.2. The molecular weight excluding hydrogens is 274 g/mol. The van der Waals surface area contributed by atoms with Crippen LogP contribution in [0.2, 0.25) is 5.15 Å². The lowest BCUT2D eigenvalue weighted by Crippen LogP contribution is -2.14. The molecule has 1 heterocycles. The number of nitrogens with one attached hydrogen (secondary N) is 1. The summed E-state index contributed by atoms with van der Waals surface area (Å²) >= 11 is 5.74. The van der Waals surface area contributed by atoms with Gasteiger partial charge in [0, 0.05) is 12.4 Å². The third-order valence-corrected chi connectivity index (χ3v) is 3.85. The molecule has 1 N–H and O–H groups in total. The number of benzene rings is 1. The van der Waals surface area contributed by atoms with Crippen molar-refractivity contribution in [2.24, 2.45) is 0 Å². The normalized spacial score (nSPS) is 11.2. The average Bonchev–Trinajstić information content (AvgIpc) is 2.32. The first-order valence-corrected chi connectivity index (χ1v) is 6.91. The summed E-state index contributed by atoms with van der Waals surface area (Å²) in [6.45, 7) is 1.88. The van der Waals surface area contributed by atoms with Crippen LogP contribution in [0.1, 0.15) is 5.56 Å². The second kappa shape index (κ2) is 4.91. The van der Waals surface area contributed by atoms with Crippen molar-refractivity contribution in [1.82, 2.24) is 9.97 Å². The van der Waals surface area contributed by atoms with Gasteiger partial charge in [-0.25, -0.2) is 18.4 Å². The van der Waals surface area contributed by atoms with Crippen LogP contribution in [0, 0.1) is 6.92 Å². The molecule has 1 aromatic carbocycles. The van der Waals surface area contributed by atoms with Crippen LogP contribution in [0.15, 0.2) is 41.6 Å². The Kier molecular flexibility index (Phi) is 3.49. The van der Waals surface area contributed by atoms with Crippen LogP contribution >= 0.6 is 11.6 Å². The van der Waals surface area contributed by atoms with Gasteiger partial charge in [-0.3, -0.25) is 4.72 Å². The fraction of sp³-hybridized carbons (Fsp3) is 0.0909. The lowest BCUT2D eigenvalue weighted by molar-refractivity contribution is 0.601. The molecule has 0 aliphatic rings. The molecule has 2 aromatic rings. The van der Waals surface area contributed by atoms with Crippen molar-refractivity contribution in [2.75, 3.05) is 4.72 Å². The molecule has 0 aliphatic carbocycles. The highest BCUT2D eigenvalue weighted by Gasteiger charge is 2.16. The Labute approximate surface area is 110 Å². The predicted octanol–water partition coefficient (Wildman–Crippen LogP) is 2.24. The van der Waals surface area contributed by atoms with Gasteiger partial charge in [-0.15, -0.1) is 0 Å². The number of aromatic nitrogens is 2. The number of anilines is 1. The first-order chi connectivity index (χ1) is 8.49. The molecule has 94 valence electrons. The molecule has 0 atom stereocenters. The van der Waals surface area contributed by atoms with Gasteiger partial charge >= 0.3 is 0 Å². The van der Waals surface area contributed by atoms with Gasteiger partial charge in [0.05, 0.1) is 4.90 Å². The summed E-state index contributed by atoms with van der Waals surface area (Å²) in [4.78, 5) is 7.72. The Bertz CT molecular complexity index is 656. The van der Waals surface area contributed by atoms with Crippen molar-refractivity contribution in [2.45, 2.75) is 11.8 Å². The summed E-state index contributed by atoms with van der Waals surface area (Å²) in [6, 6.07) is 6.46. The molecule has 2 rings (SSSR count).